The van der Waals surface area contributed by atoms with Gasteiger partial charge in [0.1, 0.15) is 12.1 Å². The number of halogens is 3. The van der Waals surface area contributed by atoms with Gasteiger partial charge in [-0.05, 0) is 29.7 Å². The molecule has 0 saturated heterocycles. The van der Waals surface area contributed by atoms with E-state index in [4.69, 9.17) is 0 Å². The SMILES string of the molecule is O=C1C(c2cccc(C(F)(F)F)c2)=C([O-])N2[CH]C=CC=C2N1Cc1cncnc1. The lowest BCUT2D eigenvalue weighted by atomic mass is 9.99. The van der Waals surface area contributed by atoms with E-state index in [1.165, 1.54) is 47.2 Å². The van der Waals surface area contributed by atoms with Crippen molar-refractivity contribution in [2.75, 3.05) is 0 Å². The summed E-state index contributed by atoms with van der Waals surface area (Å²) in [6.45, 7) is 1.52. The number of hydrogen-bond acceptors (Lipinski definition) is 5. The van der Waals surface area contributed by atoms with Crippen molar-refractivity contribution < 1.29 is 23.1 Å². The number of rotatable bonds is 3. The van der Waals surface area contributed by atoms with E-state index < -0.39 is 23.5 Å². The first-order valence-electron chi connectivity index (χ1n) is 8.52. The van der Waals surface area contributed by atoms with Crippen molar-refractivity contribution in [3.8, 4) is 0 Å². The number of carbonyl (C=O) groups excluding carboxylic acids is 1. The van der Waals surface area contributed by atoms with E-state index in [1.807, 2.05) is 0 Å². The summed E-state index contributed by atoms with van der Waals surface area (Å²) < 4.78 is 39.4. The maximum atomic E-state index is 13.2. The van der Waals surface area contributed by atoms with Gasteiger partial charge in [-0.25, -0.2) is 9.97 Å². The highest BCUT2D eigenvalue weighted by atomic mass is 19.4. The second-order valence-electron chi connectivity index (χ2n) is 6.33. The van der Waals surface area contributed by atoms with E-state index in [0.29, 0.717) is 11.4 Å². The molecule has 2 aliphatic rings. The van der Waals surface area contributed by atoms with Gasteiger partial charge in [0.2, 0.25) is 0 Å². The Morgan fingerprint density at radius 1 is 1.10 bits per heavy atom. The summed E-state index contributed by atoms with van der Waals surface area (Å²) in [5, 5.41) is 13.0. The minimum atomic E-state index is -4.59. The topological polar surface area (TPSA) is 72.4 Å². The van der Waals surface area contributed by atoms with Crippen molar-refractivity contribution in [2.24, 2.45) is 0 Å². The molecule has 0 fully saturated rings. The van der Waals surface area contributed by atoms with Gasteiger partial charge in [0.05, 0.1) is 24.2 Å². The van der Waals surface area contributed by atoms with E-state index in [0.717, 1.165) is 12.1 Å². The number of aromatic nitrogens is 2. The predicted molar refractivity (Wildman–Crippen MR) is 94.3 cm³/mol. The standard InChI is InChI=1S/C20H14F3N4O2/c21-20(22,23)15-5-3-4-14(8-15)17-18(28)26-7-2-1-6-16(26)27(19(17)29)11-13-9-24-12-25-10-13/h1-10,12,28H,11H2/p-1. The van der Waals surface area contributed by atoms with Crippen LogP contribution in [0.5, 0.6) is 0 Å². The molecule has 3 heterocycles. The lowest BCUT2D eigenvalue weighted by Gasteiger charge is -2.44. The number of allylic oxidation sites excluding steroid dienone is 2. The summed E-state index contributed by atoms with van der Waals surface area (Å²) in [6.07, 6.45) is 4.64. The number of carbonyl (C=O) groups is 1. The first kappa shape index (κ1) is 18.7. The fourth-order valence-corrected chi connectivity index (χ4v) is 3.12. The molecular weight excluding hydrogens is 385 g/mol. The van der Waals surface area contributed by atoms with Crippen LogP contribution in [-0.2, 0) is 17.5 Å². The Labute approximate surface area is 163 Å². The van der Waals surface area contributed by atoms with Crippen LogP contribution < -0.4 is 5.11 Å². The summed E-state index contributed by atoms with van der Waals surface area (Å²) in [4.78, 5) is 23.6. The van der Waals surface area contributed by atoms with E-state index in [2.05, 4.69) is 9.97 Å². The minimum Gasteiger partial charge on any atom is -0.859 e. The van der Waals surface area contributed by atoms with Gasteiger partial charge in [-0.2, -0.15) is 13.2 Å². The average molecular weight is 398 g/mol. The molecule has 0 saturated carbocycles. The smallest absolute Gasteiger partial charge is 0.416 e. The molecule has 147 valence electrons. The van der Waals surface area contributed by atoms with Crippen molar-refractivity contribution in [3.63, 3.8) is 0 Å². The predicted octanol–water partition coefficient (Wildman–Crippen LogP) is 2.44. The zero-order chi connectivity index (χ0) is 20.6. The summed E-state index contributed by atoms with van der Waals surface area (Å²) >= 11 is 0. The van der Waals surface area contributed by atoms with E-state index in [9.17, 15) is 23.1 Å². The van der Waals surface area contributed by atoms with Gasteiger partial charge in [-0.15, -0.1) is 0 Å². The lowest BCUT2D eigenvalue weighted by Crippen LogP contribution is -2.46. The molecule has 0 spiro atoms. The fourth-order valence-electron chi connectivity index (χ4n) is 3.12. The molecule has 2 aromatic rings. The van der Waals surface area contributed by atoms with Crippen LogP contribution in [0.3, 0.4) is 0 Å². The molecule has 2 aliphatic heterocycles. The second kappa shape index (κ2) is 7.08. The molecule has 0 atom stereocenters. The first-order valence-corrected chi connectivity index (χ1v) is 8.52. The summed E-state index contributed by atoms with van der Waals surface area (Å²) in [5.74, 6) is -1.07. The monoisotopic (exact) mass is 398 g/mol. The van der Waals surface area contributed by atoms with Gasteiger partial charge in [0.15, 0.2) is 0 Å². The van der Waals surface area contributed by atoms with Crippen LogP contribution >= 0.6 is 0 Å². The fraction of sp³-hybridized carbons (Fsp3) is 0.100. The molecule has 0 aliphatic carbocycles. The summed E-state index contributed by atoms with van der Waals surface area (Å²) in [6, 6.07) is 4.19. The van der Waals surface area contributed by atoms with Crippen LogP contribution in [0.4, 0.5) is 13.2 Å². The number of hydrogen-bond donors (Lipinski definition) is 0. The number of fused-ring (bicyclic) bond motifs is 1. The summed E-state index contributed by atoms with van der Waals surface area (Å²) in [5.41, 5.74) is -0.758. The molecule has 1 radical (unpaired) electrons. The Kier molecular flexibility index (Phi) is 4.57. The van der Waals surface area contributed by atoms with Gasteiger partial charge in [0.25, 0.3) is 5.91 Å². The number of nitrogens with zero attached hydrogens (tertiary/aromatic N) is 4. The molecule has 0 unspecified atom stereocenters. The maximum Gasteiger partial charge on any atom is 0.416 e. The minimum absolute atomic E-state index is 0.0550. The highest BCUT2D eigenvalue weighted by molar-refractivity contribution is 6.21. The third kappa shape index (κ3) is 3.46. The molecule has 4 rings (SSSR count). The van der Waals surface area contributed by atoms with Crippen LogP contribution in [0.1, 0.15) is 16.7 Å². The van der Waals surface area contributed by atoms with E-state index >= 15 is 0 Å². The third-order valence-corrected chi connectivity index (χ3v) is 4.44. The van der Waals surface area contributed by atoms with Crippen molar-refractivity contribution >= 4 is 11.5 Å². The number of alkyl halides is 3. The zero-order valence-electron chi connectivity index (χ0n) is 14.8. The van der Waals surface area contributed by atoms with Crippen molar-refractivity contribution in [2.45, 2.75) is 12.7 Å². The average Bonchev–Trinajstić information content (AvgIpc) is 2.72. The van der Waals surface area contributed by atoms with Crippen molar-refractivity contribution in [3.05, 3.63) is 96.2 Å². The quantitative estimate of drug-likeness (QED) is 0.794. The van der Waals surface area contributed by atoms with Gasteiger partial charge in [0, 0.05) is 18.0 Å². The molecule has 29 heavy (non-hydrogen) atoms. The number of benzene rings is 1. The highest BCUT2D eigenvalue weighted by Gasteiger charge is 2.35. The Bertz CT molecular complexity index is 1050. The summed E-state index contributed by atoms with van der Waals surface area (Å²) in [7, 11) is 0. The van der Waals surface area contributed by atoms with E-state index in [-0.39, 0.29) is 17.7 Å². The molecule has 6 nitrogen and oxygen atoms in total. The first-order chi connectivity index (χ1) is 13.9. The molecule has 1 amide bonds. The Hall–Kier alpha value is -3.62. The number of amides is 1. The Morgan fingerprint density at radius 3 is 2.59 bits per heavy atom. The third-order valence-electron chi connectivity index (χ3n) is 4.44. The van der Waals surface area contributed by atoms with Crippen LogP contribution in [0.25, 0.3) is 5.57 Å². The molecule has 9 heteroatoms. The van der Waals surface area contributed by atoms with E-state index in [1.54, 1.807) is 18.2 Å². The largest absolute Gasteiger partial charge is 0.859 e. The molecule has 1 aromatic carbocycles. The molecule has 0 bridgehead atoms. The van der Waals surface area contributed by atoms with Gasteiger partial charge in [-0.3, -0.25) is 9.69 Å². The zero-order valence-corrected chi connectivity index (χ0v) is 14.8. The normalized spacial score (nSPS) is 16.8. The van der Waals surface area contributed by atoms with Crippen molar-refractivity contribution in [1.29, 1.82) is 0 Å². The van der Waals surface area contributed by atoms with Gasteiger partial charge >= 0.3 is 6.18 Å². The highest BCUT2D eigenvalue weighted by Crippen LogP contribution is 2.36. The van der Waals surface area contributed by atoms with Crippen LogP contribution in [0.15, 0.2) is 72.9 Å². The molecule has 1 aromatic heterocycles. The molecule has 0 N–H and O–H groups in total. The second-order valence-corrected chi connectivity index (χ2v) is 6.33. The molecular formula is C20H13F3N4O2-. The van der Waals surface area contributed by atoms with Gasteiger partial charge < -0.3 is 10.0 Å². The Morgan fingerprint density at radius 2 is 1.86 bits per heavy atom. The van der Waals surface area contributed by atoms with Gasteiger partial charge in [-0.1, -0.05) is 24.3 Å². The maximum absolute atomic E-state index is 13.2. The lowest BCUT2D eigenvalue weighted by molar-refractivity contribution is -0.327. The Balaban J connectivity index is 1.81. The van der Waals surface area contributed by atoms with Crippen LogP contribution in [-0.4, -0.2) is 25.7 Å². The van der Waals surface area contributed by atoms with Crippen LogP contribution in [0, 0.1) is 6.54 Å². The van der Waals surface area contributed by atoms with Crippen molar-refractivity contribution in [1.82, 2.24) is 19.8 Å². The van der Waals surface area contributed by atoms with Crippen LogP contribution in [0.2, 0.25) is 0 Å².